The molecule has 0 bridgehead atoms. The van der Waals surface area contributed by atoms with E-state index in [1.54, 1.807) is 14.5 Å². The molecule has 3 rings (SSSR count). The van der Waals surface area contributed by atoms with E-state index < -0.39 is 0 Å². The Balaban J connectivity index is 1.78. The lowest BCUT2D eigenvalue weighted by Crippen LogP contribution is -2.48. The first-order valence-corrected chi connectivity index (χ1v) is 8.65. The largest absolute Gasteiger partial charge is 0.342 e. The molecule has 25 heavy (non-hydrogen) atoms. The van der Waals surface area contributed by atoms with Gasteiger partial charge in [-0.2, -0.15) is 5.10 Å². The summed E-state index contributed by atoms with van der Waals surface area (Å²) in [5.74, 6) is 0.404. The highest BCUT2D eigenvalue weighted by Gasteiger charge is 2.23. The van der Waals surface area contributed by atoms with Crippen molar-refractivity contribution in [1.82, 2.24) is 19.6 Å². The third-order valence-corrected chi connectivity index (χ3v) is 4.66. The number of hydrogen-bond acceptors (Lipinski definition) is 3. The Kier molecular flexibility index (Phi) is 4.88. The summed E-state index contributed by atoms with van der Waals surface area (Å²) in [4.78, 5) is 26.9. The summed E-state index contributed by atoms with van der Waals surface area (Å²) in [7, 11) is 0. The van der Waals surface area contributed by atoms with Gasteiger partial charge in [0.2, 0.25) is 6.41 Å². The van der Waals surface area contributed by atoms with E-state index >= 15 is 0 Å². The zero-order valence-electron chi connectivity index (χ0n) is 15.0. The van der Waals surface area contributed by atoms with Crippen LogP contribution in [-0.4, -0.2) is 58.1 Å². The average Bonchev–Trinajstić information content (AvgIpc) is 3.03. The molecule has 1 aromatic carbocycles. The number of hydrogen-bond donors (Lipinski definition) is 0. The van der Waals surface area contributed by atoms with Crippen LogP contribution in [0, 0.1) is 6.92 Å². The number of benzene rings is 1. The third kappa shape index (κ3) is 3.57. The van der Waals surface area contributed by atoms with Crippen molar-refractivity contribution in [3.63, 3.8) is 0 Å². The number of aryl methyl sites for hydroxylation is 1. The van der Waals surface area contributed by atoms with Crippen LogP contribution >= 0.6 is 0 Å². The molecule has 1 aliphatic rings. The summed E-state index contributed by atoms with van der Waals surface area (Å²) in [6.07, 6.45) is 0.835. The van der Waals surface area contributed by atoms with Gasteiger partial charge in [-0.3, -0.25) is 9.59 Å². The summed E-state index contributed by atoms with van der Waals surface area (Å²) in [5, 5.41) is 4.51. The van der Waals surface area contributed by atoms with Crippen molar-refractivity contribution in [2.75, 3.05) is 26.2 Å². The van der Waals surface area contributed by atoms with E-state index in [2.05, 4.69) is 31.1 Å². The van der Waals surface area contributed by atoms with E-state index in [1.807, 2.05) is 25.1 Å². The summed E-state index contributed by atoms with van der Waals surface area (Å²) >= 11 is 0. The van der Waals surface area contributed by atoms with Crippen molar-refractivity contribution in [2.45, 2.75) is 26.7 Å². The van der Waals surface area contributed by atoms with Gasteiger partial charge >= 0.3 is 0 Å². The molecule has 6 heteroatoms. The van der Waals surface area contributed by atoms with Gasteiger partial charge in [0.15, 0.2) is 5.69 Å². The van der Waals surface area contributed by atoms with E-state index in [0.29, 0.717) is 37.8 Å². The van der Waals surface area contributed by atoms with Gasteiger partial charge in [-0.25, -0.2) is 4.68 Å². The molecular formula is C19H24N4O2. The molecule has 132 valence electrons. The second-order valence-corrected chi connectivity index (χ2v) is 6.76. The molecule has 2 aromatic rings. The lowest BCUT2D eigenvalue weighted by molar-refractivity contribution is -0.119. The Labute approximate surface area is 148 Å². The normalized spacial score (nSPS) is 14.9. The molecule has 1 aliphatic heterocycles. The molecule has 0 unspecified atom stereocenters. The second kappa shape index (κ2) is 7.09. The minimum absolute atomic E-state index is 0.0776. The quantitative estimate of drug-likeness (QED) is 0.802. The average molecular weight is 340 g/mol. The summed E-state index contributed by atoms with van der Waals surface area (Å²) < 4.78 is 1.80. The fourth-order valence-electron chi connectivity index (χ4n) is 3.03. The monoisotopic (exact) mass is 340 g/mol. The van der Waals surface area contributed by atoms with E-state index in [4.69, 9.17) is 0 Å². The summed E-state index contributed by atoms with van der Waals surface area (Å²) in [6.45, 7) is 8.52. The molecule has 6 nitrogen and oxygen atoms in total. The van der Waals surface area contributed by atoms with Crippen molar-refractivity contribution in [2.24, 2.45) is 0 Å². The highest BCUT2D eigenvalue weighted by molar-refractivity contribution is 5.92. The first-order chi connectivity index (χ1) is 12.0. The van der Waals surface area contributed by atoms with Crippen LogP contribution in [0.2, 0.25) is 0 Å². The molecule has 0 radical (unpaired) electrons. The van der Waals surface area contributed by atoms with Crippen molar-refractivity contribution < 1.29 is 9.59 Å². The fourth-order valence-corrected chi connectivity index (χ4v) is 3.03. The fraction of sp³-hybridized carbons (Fsp3) is 0.421. The molecular weight excluding hydrogens is 316 g/mol. The molecule has 1 fully saturated rings. The molecule has 0 saturated carbocycles. The highest BCUT2D eigenvalue weighted by atomic mass is 16.2. The van der Waals surface area contributed by atoms with Crippen LogP contribution in [-0.2, 0) is 4.79 Å². The predicted molar refractivity (Wildman–Crippen MR) is 95.9 cm³/mol. The summed E-state index contributed by atoms with van der Waals surface area (Å²) in [6, 6.07) is 10.1. The standard InChI is InChI=1S/C19H24N4O2/c1-14(2)16-4-6-17(7-5-16)23-15(3)12-18(20-23)19(25)22-10-8-21(13-24)9-11-22/h4-7,12-14H,8-11H2,1-3H3. The molecule has 0 N–H and O–H groups in total. The minimum atomic E-state index is -0.0776. The maximum Gasteiger partial charge on any atom is 0.274 e. The van der Waals surface area contributed by atoms with E-state index in [1.165, 1.54) is 5.56 Å². The van der Waals surface area contributed by atoms with Crippen molar-refractivity contribution in [3.8, 4) is 5.69 Å². The number of rotatable bonds is 4. The van der Waals surface area contributed by atoms with E-state index in [0.717, 1.165) is 17.8 Å². The van der Waals surface area contributed by atoms with Crippen LogP contribution < -0.4 is 0 Å². The molecule has 1 aromatic heterocycles. The maximum atomic E-state index is 12.7. The number of carbonyl (C=O) groups is 2. The molecule has 2 amide bonds. The Morgan fingerprint density at radius 1 is 1.12 bits per heavy atom. The number of nitrogens with zero attached hydrogens (tertiary/aromatic N) is 4. The van der Waals surface area contributed by atoms with Crippen LogP contribution in [0.3, 0.4) is 0 Å². The Hall–Kier alpha value is -2.63. The highest BCUT2D eigenvalue weighted by Crippen LogP contribution is 2.19. The molecule has 0 spiro atoms. The maximum absolute atomic E-state index is 12.7. The number of amides is 2. The topological polar surface area (TPSA) is 58.4 Å². The number of carbonyl (C=O) groups excluding carboxylic acids is 2. The smallest absolute Gasteiger partial charge is 0.274 e. The SMILES string of the molecule is Cc1cc(C(=O)N2CCN(C=O)CC2)nn1-c1ccc(C(C)C)cc1. The van der Waals surface area contributed by atoms with Gasteiger partial charge in [0.05, 0.1) is 5.69 Å². The van der Waals surface area contributed by atoms with Crippen molar-refractivity contribution >= 4 is 12.3 Å². The minimum Gasteiger partial charge on any atom is -0.342 e. The van der Waals surface area contributed by atoms with Crippen molar-refractivity contribution in [3.05, 3.63) is 47.3 Å². The van der Waals surface area contributed by atoms with Crippen LogP contribution in [0.5, 0.6) is 0 Å². The van der Waals surface area contributed by atoms with Crippen LogP contribution in [0.15, 0.2) is 30.3 Å². The van der Waals surface area contributed by atoms with E-state index in [-0.39, 0.29) is 5.91 Å². The van der Waals surface area contributed by atoms with Gasteiger partial charge in [0, 0.05) is 31.9 Å². The van der Waals surface area contributed by atoms with Crippen molar-refractivity contribution in [1.29, 1.82) is 0 Å². The van der Waals surface area contributed by atoms with Crippen LogP contribution in [0.1, 0.15) is 41.5 Å². The Morgan fingerprint density at radius 2 is 1.76 bits per heavy atom. The first kappa shape index (κ1) is 17.2. The second-order valence-electron chi connectivity index (χ2n) is 6.76. The number of piperazine rings is 1. The van der Waals surface area contributed by atoms with Gasteiger partial charge in [-0.05, 0) is 36.6 Å². The molecule has 0 aliphatic carbocycles. The molecule has 0 atom stereocenters. The third-order valence-electron chi connectivity index (χ3n) is 4.66. The Bertz CT molecular complexity index is 756. The lowest BCUT2D eigenvalue weighted by Gasteiger charge is -2.32. The zero-order valence-corrected chi connectivity index (χ0v) is 15.0. The number of aromatic nitrogens is 2. The molecule has 1 saturated heterocycles. The van der Waals surface area contributed by atoms with E-state index in [9.17, 15) is 9.59 Å². The Morgan fingerprint density at radius 3 is 2.32 bits per heavy atom. The van der Waals surface area contributed by atoms with Gasteiger partial charge in [-0.15, -0.1) is 0 Å². The molecule has 2 heterocycles. The zero-order chi connectivity index (χ0) is 18.0. The van der Waals surface area contributed by atoms with Gasteiger partial charge < -0.3 is 9.80 Å². The van der Waals surface area contributed by atoms with Gasteiger partial charge in [0.1, 0.15) is 0 Å². The predicted octanol–water partition coefficient (Wildman–Crippen LogP) is 2.22. The van der Waals surface area contributed by atoms with Gasteiger partial charge in [0.25, 0.3) is 5.91 Å². The first-order valence-electron chi connectivity index (χ1n) is 8.65. The lowest BCUT2D eigenvalue weighted by atomic mass is 10.0. The summed E-state index contributed by atoms with van der Waals surface area (Å²) in [5.41, 5.74) is 3.60. The van der Waals surface area contributed by atoms with Gasteiger partial charge in [-0.1, -0.05) is 26.0 Å². The van der Waals surface area contributed by atoms with Crippen LogP contribution in [0.25, 0.3) is 5.69 Å². The van der Waals surface area contributed by atoms with Crippen LogP contribution in [0.4, 0.5) is 0 Å².